The maximum absolute atomic E-state index is 11.4. The number of hydrogen-bond acceptors (Lipinski definition) is 3. The molecule has 0 saturated heterocycles. The fraction of sp³-hybridized carbons (Fsp3) is 0.909. The zero-order valence-electron chi connectivity index (χ0n) is 9.46. The van der Waals surface area contributed by atoms with E-state index in [9.17, 15) is 9.90 Å². The Morgan fingerprint density at radius 3 is 2.80 bits per heavy atom. The molecule has 88 valence electrons. The Balaban J connectivity index is 2.30. The van der Waals surface area contributed by atoms with Crippen LogP contribution in [-0.4, -0.2) is 36.2 Å². The van der Waals surface area contributed by atoms with Crippen LogP contribution in [0.4, 0.5) is 0 Å². The molecular formula is C11H22N2O2. The van der Waals surface area contributed by atoms with E-state index in [1.807, 2.05) is 6.92 Å². The maximum Gasteiger partial charge on any atom is 0.234 e. The summed E-state index contributed by atoms with van der Waals surface area (Å²) in [6.45, 7) is 3.11. The lowest BCUT2D eigenvalue weighted by atomic mass is 10.1. The zero-order chi connectivity index (χ0) is 11.1. The van der Waals surface area contributed by atoms with E-state index in [1.165, 1.54) is 0 Å². The summed E-state index contributed by atoms with van der Waals surface area (Å²) in [6, 6.07) is -0.0429. The largest absolute Gasteiger partial charge is 0.391 e. The van der Waals surface area contributed by atoms with Gasteiger partial charge in [0.1, 0.15) is 0 Å². The van der Waals surface area contributed by atoms with Gasteiger partial charge in [0.15, 0.2) is 0 Å². The summed E-state index contributed by atoms with van der Waals surface area (Å²) in [7, 11) is 0. The summed E-state index contributed by atoms with van der Waals surface area (Å²) in [4.78, 5) is 11.4. The van der Waals surface area contributed by atoms with Gasteiger partial charge >= 0.3 is 0 Å². The van der Waals surface area contributed by atoms with Gasteiger partial charge in [0, 0.05) is 0 Å². The molecule has 0 spiro atoms. The summed E-state index contributed by atoms with van der Waals surface area (Å²) in [5.41, 5.74) is 0. The second-order valence-electron chi connectivity index (χ2n) is 4.16. The third-order valence-electron chi connectivity index (χ3n) is 2.86. The normalized spacial score (nSPS) is 27.1. The van der Waals surface area contributed by atoms with Crippen molar-refractivity contribution in [3.63, 3.8) is 0 Å². The predicted molar refractivity (Wildman–Crippen MR) is 59.6 cm³/mol. The average Bonchev–Trinajstić information content (AvgIpc) is 2.42. The molecule has 0 aromatic carbocycles. The quantitative estimate of drug-likeness (QED) is 0.594. The van der Waals surface area contributed by atoms with Gasteiger partial charge in [0.2, 0.25) is 5.91 Å². The number of carbonyl (C=O) groups is 1. The lowest BCUT2D eigenvalue weighted by Gasteiger charge is -2.21. The summed E-state index contributed by atoms with van der Waals surface area (Å²) in [5, 5.41) is 15.7. The van der Waals surface area contributed by atoms with Crippen molar-refractivity contribution in [3.05, 3.63) is 0 Å². The fourth-order valence-corrected chi connectivity index (χ4v) is 1.95. The van der Waals surface area contributed by atoms with E-state index in [0.29, 0.717) is 6.54 Å². The van der Waals surface area contributed by atoms with Crippen LogP contribution in [0.15, 0.2) is 0 Å². The van der Waals surface area contributed by atoms with E-state index in [-0.39, 0.29) is 18.1 Å². The van der Waals surface area contributed by atoms with Crippen LogP contribution in [-0.2, 0) is 4.79 Å². The molecule has 0 aromatic rings. The Morgan fingerprint density at radius 1 is 1.33 bits per heavy atom. The van der Waals surface area contributed by atoms with E-state index >= 15 is 0 Å². The van der Waals surface area contributed by atoms with Gasteiger partial charge in [0.25, 0.3) is 0 Å². The SMILES string of the molecule is CCNCC(=O)NC1CCCCCC1O. The second kappa shape index (κ2) is 6.80. The van der Waals surface area contributed by atoms with E-state index in [4.69, 9.17) is 0 Å². The van der Waals surface area contributed by atoms with Crippen molar-refractivity contribution >= 4 is 5.91 Å². The van der Waals surface area contributed by atoms with Crippen molar-refractivity contribution in [2.24, 2.45) is 0 Å². The van der Waals surface area contributed by atoms with Crippen LogP contribution in [0.25, 0.3) is 0 Å². The second-order valence-corrected chi connectivity index (χ2v) is 4.16. The summed E-state index contributed by atoms with van der Waals surface area (Å²) < 4.78 is 0. The molecule has 2 unspecified atom stereocenters. The molecule has 1 fully saturated rings. The molecule has 2 atom stereocenters. The lowest BCUT2D eigenvalue weighted by molar-refractivity contribution is -0.121. The molecular weight excluding hydrogens is 192 g/mol. The van der Waals surface area contributed by atoms with Crippen LogP contribution in [0.1, 0.15) is 39.0 Å². The third-order valence-corrected chi connectivity index (χ3v) is 2.86. The molecule has 0 aliphatic heterocycles. The molecule has 0 aromatic heterocycles. The van der Waals surface area contributed by atoms with Crippen molar-refractivity contribution in [3.8, 4) is 0 Å². The first-order valence-electron chi connectivity index (χ1n) is 5.92. The molecule has 1 rings (SSSR count). The predicted octanol–water partition coefficient (Wildman–Crippen LogP) is 0.406. The van der Waals surface area contributed by atoms with Gasteiger partial charge in [-0.1, -0.05) is 26.2 Å². The highest BCUT2D eigenvalue weighted by Crippen LogP contribution is 2.17. The summed E-state index contributed by atoms with van der Waals surface area (Å²) in [6.07, 6.45) is 4.68. The van der Waals surface area contributed by atoms with Crippen LogP contribution in [0.5, 0.6) is 0 Å². The van der Waals surface area contributed by atoms with Crippen LogP contribution in [0.2, 0.25) is 0 Å². The highest BCUT2D eigenvalue weighted by atomic mass is 16.3. The zero-order valence-corrected chi connectivity index (χ0v) is 9.46. The molecule has 4 heteroatoms. The van der Waals surface area contributed by atoms with E-state index < -0.39 is 0 Å². The Kier molecular flexibility index (Phi) is 5.65. The van der Waals surface area contributed by atoms with Gasteiger partial charge in [-0.05, 0) is 19.4 Å². The average molecular weight is 214 g/mol. The van der Waals surface area contributed by atoms with Crippen LogP contribution < -0.4 is 10.6 Å². The molecule has 4 nitrogen and oxygen atoms in total. The molecule has 1 amide bonds. The monoisotopic (exact) mass is 214 g/mol. The van der Waals surface area contributed by atoms with Crippen LogP contribution in [0, 0.1) is 0 Å². The molecule has 15 heavy (non-hydrogen) atoms. The number of nitrogens with one attached hydrogen (secondary N) is 2. The Morgan fingerprint density at radius 2 is 2.07 bits per heavy atom. The van der Waals surface area contributed by atoms with Gasteiger partial charge in [-0.3, -0.25) is 4.79 Å². The van der Waals surface area contributed by atoms with Crippen LogP contribution >= 0.6 is 0 Å². The number of aliphatic hydroxyl groups is 1. The molecule has 1 aliphatic rings. The minimum atomic E-state index is -0.363. The maximum atomic E-state index is 11.4. The Labute approximate surface area is 91.4 Å². The van der Waals surface area contributed by atoms with Crippen molar-refractivity contribution in [1.82, 2.24) is 10.6 Å². The van der Waals surface area contributed by atoms with E-state index in [0.717, 1.165) is 38.6 Å². The molecule has 1 saturated carbocycles. The number of carbonyl (C=O) groups excluding carboxylic acids is 1. The molecule has 3 N–H and O–H groups in total. The fourth-order valence-electron chi connectivity index (χ4n) is 1.95. The first kappa shape index (κ1) is 12.5. The van der Waals surface area contributed by atoms with Crippen LogP contribution in [0.3, 0.4) is 0 Å². The summed E-state index contributed by atoms with van der Waals surface area (Å²) >= 11 is 0. The topological polar surface area (TPSA) is 61.4 Å². The minimum Gasteiger partial charge on any atom is -0.391 e. The third kappa shape index (κ3) is 4.62. The van der Waals surface area contributed by atoms with E-state index in [1.54, 1.807) is 0 Å². The highest BCUT2D eigenvalue weighted by Gasteiger charge is 2.22. The lowest BCUT2D eigenvalue weighted by Crippen LogP contribution is -2.45. The first-order valence-corrected chi connectivity index (χ1v) is 5.92. The Hall–Kier alpha value is -0.610. The highest BCUT2D eigenvalue weighted by molar-refractivity contribution is 5.78. The number of rotatable bonds is 4. The van der Waals surface area contributed by atoms with Crippen molar-refractivity contribution in [2.45, 2.75) is 51.2 Å². The van der Waals surface area contributed by atoms with Gasteiger partial charge in [-0.15, -0.1) is 0 Å². The van der Waals surface area contributed by atoms with Gasteiger partial charge in [-0.2, -0.15) is 0 Å². The van der Waals surface area contributed by atoms with Crippen molar-refractivity contribution in [2.75, 3.05) is 13.1 Å². The molecule has 0 radical (unpaired) electrons. The number of likely N-dealkylation sites (N-methyl/N-ethyl adjacent to an activating group) is 1. The Bertz CT molecular complexity index is 197. The van der Waals surface area contributed by atoms with Gasteiger partial charge in [-0.25, -0.2) is 0 Å². The standard InChI is InChI=1S/C11H22N2O2/c1-2-12-8-11(15)13-9-6-4-3-5-7-10(9)14/h9-10,12,14H,2-8H2,1H3,(H,13,15). The summed E-state index contributed by atoms with van der Waals surface area (Å²) in [5.74, 6) is -0.0113. The number of hydrogen-bond donors (Lipinski definition) is 3. The van der Waals surface area contributed by atoms with Crippen molar-refractivity contribution < 1.29 is 9.90 Å². The molecule has 1 aliphatic carbocycles. The number of aliphatic hydroxyl groups excluding tert-OH is 1. The van der Waals surface area contributed by atoms with Crippen molar-refractivity contribution in [1.29, 1.82) is 0 Å². The van der Waals surface area contributed by atoms with Gasteiger partial charge < -0.3 is 15.7 Å². The smallest absolute Gasteiger partial charge is 0.234 e. The first-order chi connectivity index (χ1) is 7.24. The minimum absolute atomic E-state index is 0.0113. The van der Waals surface area contributed by atoms with E-state index in [2.05, 4.69) is 10.6 Å². The molecule has 0 bridgehead atoms. The molecule has 0 heterocycles. The number of amides is 1. The van der Waals surface area contributed by atoms with Gasteiger partial charge in [0.05, 0.1) is 18.7 Å².